The molecule has 3 aliphatic carbocycles. The van der Waals surface area contributed by atoms with Crippen LogP contribution < -0.4 is 5.32 Å². The van der Waals surface area contributed by atoms with Crippen LogP contribution in [0.3, 0.4) is 0 Å². The van der Waals surface area contributed by atoms with Crippen molar-refractivity contribution in [2.45, 2.75) is 52.0 Å². The number of carbonyl (C=O) groups excluding carboxylic acids is 1. The highest BCUT2D eigenvalue weighted by Crippen LogP contribution is 2.57. The molecule has 25 heavy (non-hydrogen) atoms. The Morgan fingerprint density at radius 2 is 1.84 bits per heavy atom. The molecule has 2 aromatic rings. The van der Waals surface area contributed by atoms with E-state index in [9.17, 15) is 14.7 Å². The Balaban J connectivity index is 1.43. The van der Waals surface area contributed by atoms with E-state index < -0.39 is 11.4 Å². The lowest BCUT2D eigenvalue weighted by molar-refractivity contribution is -0.163. The number of carboxylic acid groups (broad SMARTS) is 1. The summed E-state index contributed by atoms with van der Waals surface area (Å²) < 4.78 is 1.95. The third kappa shape index (κ3) is 2.60. The van der Waals surface area contributed by atoms with Crippen molar-refractivity contribution in [2.75, 3.05) is 0 Å². The topological polar surface area (TPSA) is 83.7 Å². The van der Waals surface area contributed by atoms with Crippen LogP contribution in [0.15, 0.2) is 24.5 Å². The molecule has 0 unspecified atom stereocenters. The highest BCUT2D eigenvalue weighted by molar-refractivity contribution is 5.84. The monoisotopic (exact) mass is 341 g/mol. The Morgan fingerprint density at radius 3 is 2.48 bits per heavy atom. The zero-order chi connectivity index (χ0) is 17.7. The predicted octanol–water partition coefficient (Wildman–Crippen LogP) is 2.68. The molecule has 2 N–H and O–H groups in total. The quantitative estimate of drug-likeness (QED) is 0.895. The Bertz CT molecular complexity index is 830. The minimum atomic E-state index is -0.693. The van der Waals surface area contributed by atoms with E-state index in [1.165, 1.54) is 0 Å². The third-order valence-electron chi connectivity index (χ3n) is 6.28. The number of carboxylic acids is 1. The van der Waals surface area contributed by atoms with E-state index in [1.807, 2.05) is 35.9 Å². The number of nitrogens with zero attached hydrogens (tertiary/aromatic N) is 2. The SMILES string of the molecule is Cc1ccn2cc(CNC(=O)C34CCC(C(=O)O)(CC3)CC4)nc2c1. The number of fused-ring (bicyclic) bond motifs is 4. The van der Waals surface area contributed by atoms with E-state index in [2.05, 4.69) is 10.3 Å². The fourth-order valence-electron chi connectivity index (χ4n) is 4.43. The molecular weight excluding hydrogens is 318 g/mol. The van der Waals surface area contributed by atoms with Crippen LogP contribution in [0.4, 0.5) is 0 Å². The smallest absolute Gasteiger partial charge is 0.309 e. The van der Waals surface area contributed by atoms with Crippen LogP contribution in [0.25, 0.3) is 5.65 Å². The average Bonchev–Trinajstić information content (AvgIpc) is 3.03. The number of aromatic nitrogens is 2. The number of pyridine rings is 1. The molecule has 3 aliphatic rings. The first-order chi connectivity index (χ1) is 11.9. The number of hydrogen-bond acceptors (Lipinski definition) is 3. The molecule has 132 valence electrons. The summed E-state index contributed by atoms with van der Waals surface area (Å²) >= 11 is 0. The minimum Gasteiger partial charge on any atom is -0.481 e. The van der Waals surface area contributed by atoms with Gasteiger partial charge in [0.25, 0.3) is 0 Å². The molecule has 2 bridgehead atoms. The molecule has 6 heteroatoms. The van der Waals surface area contributed by atoms with Crippen molar-refractivity contribution in [3.8, 4) is 0 Å². The van der Waals surface area contributed by atoms with Gasteiger partial charge in [0.05, 0.1) is 17.7 Å². The van der Waals surface area contributed by atoms with Gasteiger partial charge >= 0.3 is 5.97 Å². The maximum atomic E-state index is 12.8. The fourth-order valence-corrected chi connectivity index (χ4v) is 4.43. The number of amides is 1. The van der Waals surface area contributed by atoms with Gasteiger partial charge in [0.2, 0.25) is 5.91 Å². The number of aliphatic carboxylic acids is 1. The second-order valence-electron chi connectivity index (χ2n) is 7.75. The van der Waals surface area contributed by atoms with Crippen molar-refractivity contribution in [3.05, 3.63) is 35.8 Å². The molecule has 2 heterocycles. The standard InChI is InChI=1S/C19H23N3O3/c1-13-2-9-22-12-14(21-15(22)10-13)11-20-16(23)18-3-6-19(7-4-18,8-5-18)17(24)25/h2,9-10,12H,3-8,11H2,1H3,(H,20,23)(H,24,25). The van der Waals surface area contributed by atoms with E-state index in [0.717, 1.165) is 16.9 Å². The molecule has 0 radical (unpaired) electrons. The summed E-state index contributed by atoms with van der Waals surface area (Å²) in [4.78, 5) is 28.9. The summed E-state index contributed by atoms with van der Waals surface area (Å²) in [5.74, 6) is -0.638. The van der Waals surface area contributed by atoms with Gasteiger partial charge in [-0.1, -0.05) is 0 Å². The second kappa shape index (κ2) is 5.58. The van der Waals surface area contributed by atoms with Crippen LogP contribution >= 0.6 is 0 Å². The van der Waals surface area contributed by atoms with Gasteiger partial charge in [-0.15, -0.1) is 0 Å². The maximum Gasteiger partial charge on any atom is 0.309 e. The molecule has 2 aromatic heterocycles. The lowest BCUT2D eigenvalue weighted by atomic mass is 9.53. The molecule has 3 saturated carbocycles. The summed E-state index contributed by atoms with van der Waals surface area (Å²) in [5, 5.41) is 12.5. The molecular formula is C19H23N3O3. The van der Waals surface area contributed by atoms with Crippen molar-refractivity contribution in [1.82, 2.24) is 14.7 Å². The number of hydrogen-bond donors (Lipinski definition) is 2. The molecule has 0 atom stereocenters. The molecule has 0 aromatic carbocycles. The van der Waals surface area contributed by atoms with Gasteiger partial charge in [0.15, 0.2) is 0 Å². The summed E-state index contributed by atoms with van der Waals surface area (Å²) in [6.45, 7) is 2.43. The normalized spacial score (nSPS) is 28.2. The average molecular weight is 341 g/mol. The zero-order valence-corrected chi connectivity index (χ0v) is 14.4. The van der Waals surface area contributed by atoms with Crippen LogP contribution in [-0.4, -0.2) is 26.4 Å². The van der Waals surface area contributed by atoms with E-state index in [1.54, 1.807) is 0 Å². The number of aryl methyl sites for hydroxylation is 1. The second-order valence-corrected chi connectivity index (χ2v) is 7.75. The zero-order valence-electron chi connectivity index (χ0n) is 14.4. The highest BCUT2D eigenvalue weighted by atomic mass is 16.4. The van der Waals surface area contributed by atoms with Gasteiger partial charge in [-0.3, -0.25) is 9.59 Å². The first kappa shape index (κ1) is 16.1. The van der Waals surface area contributed by atoms with Crippen LogP contribution in [0.1, 0.15) is 49.8 Å². The maximum absolute atomic E-state index is 12.8. The lowest BCUT2D eigenvalue weighted by Gasteiger charge is -2.50. The Morgan fingerprint density at radius 1 is 1.20 bits per heavy atom. The Kier molecular flexibility index (Phi) is 3.60. The van der Waals surface area contributed by atoms with E-state index in [4.69, 9.17) is 0 Å². The van der Waals surface area contributed by atoms with Gasteiger partial charge in [-0.05, 0) is 63.1 Å². The fraction of sp³-hybridized carbons (Fsp3) is 0.526. The van der Waals surface area contributed by atoms with Crippen LogP contribution in [0.5, 0.6) is 0 Å². The van der Waals surface area contributed by atoms with Crippen molar-refractivity contribution in [1.29, 1.82) is 0 Å². The van der Waals surface area contributed by atoms with Crippen LogP contribution in [0.2, 0.25) is 0 Å². The molecule has 3 fully saturated rings. The van der Waals surface area contributed by atoms with Crippen LogP contribution in [0, 0.1) is 17.8 Å². The largest absolute Gasteiger partial charge is 0.481 e. The van der Waals surface area contributed by atoms with Crippen LogP contribution in [-0.2, 0) is 16.1 Å². The molecule has 5 rings (SSSR count). The van der Waals surface area contributed by atoms with Crippen molar-refractivity contribution in [2.24, 2.45) is 10.8 Å². The lowest BCUT2D eigenvalue weighted by Crippen LogP contribution is -2.52. The third-order valence-corrected chi connectivity index (χ3v) is 6.28. The van der Waals surface area contributed by atoms with E-state index in [-0.39, 0.29) is 11.3 Å². The predicted molar refractivity (Wildman–Crippen MR) is 92.0 cm³/mol. The van der Waals surface area contributed by atoms with Crippen molar-refractivity contribution in [3.63, 3.8) is 0 Å². The van der Waals surface area contributed by atoms with E-state index >= 15 is 0 Å². The molecule has 1 amide bonds. The number of carbonyl (C=O) groups is 2. The van der Waals surface area contributed by atoms with Gasteiger partial charge < -0.3 is 14.8 Å². The van der Waals surface area contributed by atoms with Crippen molar-refractivity contribution >= 4 is 17.5 Å². The van der Waals surface area contributed by atoms with Gasteiger partial charge in [-0.25, -0.2) is 4.98 Å². The Hall–Kier alpha value is -2.37. The molecule has 0 saturated heterocycles. The Labute approximate surface area is 146 Å². The van der Waals surface area contributed by atoms with Gasteiger partial charge in [-0.2, -0.15) is 0 Å². The summed E-state index contributed by atoms with van der Waals surface area (Å²) in [6, 6.07) is 4.03. The van der Waals surface area contributed by atoms with E-state index in [0.29, 0.717) is 45.1 Å². The van der Waals surface area contributed by atoms with Gasteiger partial charge in [0.1, 0.15) is 5.65 Å². The molecule has 6 nitrogen and oxygen atoms in total. The number of imidazole rings is 1. The first-order valence-corrected chi connectivity index (χ1v) is 8.89. The highest BCUT2D eigenvalue weighted by Gasteiger charge is 2.55. The summed E-state index contributed by atoms with van der Waals surface area (Å²) in [6.07, 6.45) is 7.77. The first-order valence-electron chi connectivity index (χ1n) is 8.89. The summed E-state index contributed by atoms with van der Waals surface area (Å²) in [5.41, 5.74) is 1.90. The molecule has 0 aliphatic heterocycles. The number of nitrogens with one attached hydrogen (secondary N) is 1. The van der Waals surface area contributed by atoms with Gasteiger partial charge in [0, 0.05) is 17.8 Å². The minimum absolute atomic E-state index is 0.0550. The summed E-state index contributed by atoms with van der Waals surface area (Å²) in [7, 11) is 0. The number of rotatable bonds is 4. The molecule has 0 spiro atoms. The van der Waals surface area contributed by atoms with Crippen molar-refractivity contribution < 1.29 is 14.7 Å².